The van der Waals surface area contributed by atoms with E-state index in [1.54, 1.807) is 0 Å². The number of carbonyl (C=O) groups excluding carboxylic acids is 1. The Hall–Kier alpha value is -2.04. The van der Waals surface area contributed by atoms with E-state index >= 15 is 0 Å². The number of carbonyl (C=O) groups is 1. The van der Waals surface area contributed by atoms with E-state index in [2.05, 4.69) is 28.4 Å². The molecular weight excluding hydrogens is 372 g/mol. The van der Waals surface area contributed by atoms with Crippen molar-refractivity contribution in [2.24, 2.45) is 0 Å². The van der Waals surface area contributed by atoms with E-state index in [1.807, 2.05) is 38.1 Å². The second-order valence-electron chi connectivity index (χ2n) is 7.94. The molecule has 2 heterocycles. The van der Waals surface area contributed by atoms with Gasteiger partial charge < -0.3 is 10.1 Å². The molecule has 150 valence electrons. The van der Waals surface area contributed by atoms with Crippen LogP contribution >= 0.6 is 12.4 Å². The molecule has 4 rings (SSSR count). The normalized spacial score (nSPS) is 18.9. The number of halogens is 1. The molecule has 1 saturated heterocycles. The van der Waals surface area contributed by atoms with Crippen LogP contribution < -0.4 is 10.1 Å². The van der Waals surface area contributed by atoms with Crippen LogP contribution in [0.15, 0.2) is 42.5 Å². The Morgan fingerprint density at radius 3 is 2.61 bits per heavy atom. The number of hydrogen-bond donors (Lipinski definition) is 1. The summed E-state index contributed by atoms with van der Waals surface area (Å²) in [5, 5.41) is 2.95. The van der Waals surface area contributed by atoms with E-state index < -0.39 is 0 Å². The summed E-state index contributed by atoms with van der Waals surface area (Å²) < 4.78 is 6.12. The Labute approximate surface area is 173 Å². The largest absolute Gasteiger partial charge is 0.492 e. The van der Waals surface area contributed by atoms with Crippen molar-refractivity contribution in [2.45, 2.75) is 45.2 Å². The van der Waals surface area contributed by atoms with Gasteiger partial charge in [-0.3, -0.25) is 9.69 Å². The van der Waals surface area contributed by atoms with Gasteiger partial charge in [-0.15, -0.1) is 12.4 Å². The molecule has 1 unspecified atom stereocenters. The smallest absolute Gasteiger partial charge is 0.251 e. The van der Waals surface area contributed by atoms with Crippen LogP contribution in [0.4, 0.5) is 0 Å². The molecule has 0 radical (unpaired) electrons. The molecule has 0 spiro atoms. The van der Waals surface area contributed by atoms with Gasteiger partial charge in [-0.2, -0.15) is 0 Å². The molecule has 28 heavy (non-hydrogen) atoms. The molecule has 0 aromatic heterocycles. The standard InChI is InChI=1S/C23H28N2O2.ClH/c1-16(2)24-23(26)20-7-5-6-17(12-20)18-8-9-19-13-21(15-27-22(19)14-18)25-10-3-4-11-25;/h5-9,12,14,16,21H,3-4,10-11,13,15H2,1-2H3,(H,24,26);1H. The molecule has 0 saturated carbocycles. The first-order valence-corrected chi connectivity index (χ1v) is 10.0. The monoisotopic (exact) mass is 400 g/mol. The molecule has 2 aliphatic heterocycles. The van der Waals surface area contributed by atoms with Gasteiger partial charge >= 0.3 is 0 Å². The van der Waals surface area contributed by atoms with Gasteiger partial charge in [0.1, 0.15) is 12.4 Å². The molecule has 1 amide bonds. The van der Waals surface area contributed by atoms with Crippen molar-refractivity contribution >= 4 is 18.3 Å². The average Bonchev–Trinajstić information content (AvgIpc) is 3.21. The van der Waals surface area contributed by atoms with E-state index in [1.165, 1.54) is 31.5 Å². The highest BCUT2D eigenvalue weighted by molar-refractivity contribution is 5.95. The van der Waals surface area contributed by atoms with Crippen molar-refractivity contribution in [1.82, 2.24) is 10.2 Å². The summed E-state index contributed by atoms with van der Waals surface area (Å²) >= 11 is 0. The number of benzene rings is 2. The van der Waals surface area contributed by atoms with Crippen LogP contribution in [0, 0.1) is 0 Å². The van der Waals surface area contributed by atoms with Crippen molar-refractivity contribution in [1.29, 1.82) is 0 Å². The fourth-order valence-electron chi connectivity index (χ4n) is 4.06. The van der Waals surface area contributed by atoms with Gasteiger partial charge in [0.25, 0.3) is 5.91 Å². The van der Waals surface area contributed by atoms with Gasteiger partial charge in [0.2, 0.25) is 0 Å². The van der Waals surface area contributed by atoms with Crippen molar-refractivity contribution in [3.8, 4) is 16.9 Å². The van der Waals surface area contributed by atoms with Crippen molar-refractivity contribution < 1.29 is 9.53 Å². The molecular formula is C23H29ClN2O2. The Bertz CT molecular complexity index is 831. The Morgan fingerprint density at radius 2 is 1.86 bits per heavy atom. The summed E-state index contributed by atoms with van der Waals surface area (Å²) in [6.07, 6.45) is 3.68. The number of fused-ring (bicyclic) bond motifs is 1. The first-order valence-electron chi connectivity index (χ1n) is 10.0. The minimum absolute atomic E-state index is 0. The Balaban J connectivity index is 0.00000225. The number of amides is 1. The Morgan fingerprint density at radius 1 is 1.11 bits per heavy atom. The number of hydrogen-bond acceptors (Lipinski definition) is 3. The van der Waals surface area contributed by atoms with Crippen LogP contribution in [0.25, 0.3) is 11.1 Å². The quantitative estimate of drug-likeness (QED) is 0.831. The summed E-state index contributed by atoms with van der Waals surface area (Å²) in [6, 6.07) is 14.9. The Kier molecular flexibility index (Phi) is 6.63. The number of rotatable bonds is 4. The van der Waals surface area contributed by atoms with Crippen molar-refractivity contribution in [3.63, 3.8) is 0 Å². The van der Waals surface area contributed by atoms with Gasteiger partial charge in [-0.25, -0.2) is 0 Å². The molecule has 5 heteroatoms. The van der Waals surface area contributed by atoms with Crippen LogP contribution in [-0.2, 0) is 6.42 Å². The maximum Gasteiger partial charge on any atom is 0.251 e. The number of likely N-dealkylation sites (tertiary alicyclic amines) is 1. The lowest BCUT2D eigenvalue weighted by Gasteiger charge is -2.32. The molecule has 1 fully saturated rings. The first kappa shape index (κ1) is 20.7. The van der Waals surface area contributed by atoms with E-state index in [9.17, 15) is 4.79 Å². The third kappa shape index (κ3) is 4.50. The van der Waals surface area contributed by atoms with E-state index in [0.717, 1.165) is 29.9 Å². The highest BCUT2D eigenvalue weighted by Crippen LogP contribution is 2.32. The van der Waals surface area contributed by atoms with Crippen LogP contribution in [0.2, 0.25) is 0 Å². The van der Waals surface area contributed by atoms with Crippen LogP contribution in [0.1, 0.15) is 42.6 Å². The lowest BCUT2D eigenvalue weighted by Crippen LogP contribution is -2.41. The summed E-state index contributed by atoms with van der Waals surface area (Å²) in [4.78, 5) is 14.9. The molecule has 2 aromatic rings. The second kappa shape index (κ2) is 8.97. The molecule has 1 N–H and O–H groups in total. The number of ether oxygens (including phenoxy) is 1. The molecule has 0 bridgehead atoms. The van der Waals surface area contributed by atoms with Gasteiger partial charge in [0.15, 0.2) is 0 Å². The predicted octanol–water partition coefficient (Wildman–Crippen LogP) is 4.31. The lowest BCUT2D eigenvalue weighted by atomic mass is 9.96. The van der Waals surface area contributed by atoms with E-state index in [0.29, 0.717) is 11.6 Å². The summed E-state index contributed by atoms with van der Waals surface area (Å²) in [5.74, 6) is 0.953. The van der Waals surface area contributed by atoms with Gasteiger partial charge in [0.05, 0.1) is 0 Å². The molecule has 2 aromatic carbocycles. The molecule has 2 aliphatic rings. The fraction of sp³-hybridized carbons (Fsp3) is 0.435. The van der Waals surface area contributed by atoms with Gasteiger partial charge in [-0.1, -0.05) is 24.3 Å². The summed E-state index contributed by atoms with van der Waals surface area (Å²) in [7, 11) is 0. The maximum absolute atomic E-state index is 12.3. The second-order valence-corrected chi connectivity index (χ2v) is 7.94. The van der Waals surface area contributed by atoms with Gasteiger partial charge in [0, 0.05) is 17.6 Å². The fourth-order valence-corrected chi connectivity index (χ4v) is 4.06. The highest BCUT2D eigenvalue weighted by Gasteiger charge is 2.27. The van der Waals surface area contributed by atoms with Crippen LogP contribution in [0.5, 0.6) is 5.75 Å². The zero-order valence-corrected chi connectivity index (χ0v) is 17.4. The summed E-state index contributed by atoms with van der Waals surface area (Å²) in [6.45, 7) is 7.11. The number of nitrogens with zero attached hydrogens (tertiary/aromatic N) is 1. The lowest BCUT2D eigenvalue weighted by molar-refractivity contribution is 0.0943. The highest BCUT2D eigenvalue weighted by atomic mass is 35.5. The topological polar surface area (TPSA) is 41.6 Å². The SMILES string of the molecule is CC(C)NC(=O)c1cccc(-c2ccc3c(c2)OCC(N2CCCC2)C3)c1.Cl. The van der Waals surface area contributed by atoms with Crippen molar-refractivity contribution in [3.05, 3.63) is 53.6 Å². The van der Waals surface area contributed by atoms with E-state index in [4.69, 9.17) is 4.74 Å². The minimum Gasteiger partial charge on any atom is -0.492 e. The summed E-state index contributed by atoms with van der Waals surface area (Å²) in [5.41, 5.74) is 4.11. The maximum atomic E-state index is 12.3. The first-order chi connectivity index (χ1) is 13.1. The zero-order chi connectivity index (χ0) is 18.8. The van der Waals surface area contributed by atoms with Crippen LogP contribution in [-0.4, -0.2) is 42.6 Å². The third-order valence-corrected chi connectivity index (χ3v) is 5.49. The third-order valence-electron chi connectivity index (χ3n) is 5.49. The number of nitrogens with one attached hydrogen (secondary N) is 1. The van der Waals surface area contributed by atoms with Gasteiger partial charge in [-0.05, 0) is 81.1 Å². The van der Waals surface area contributed by atoms with Crippen molar-refractivity contribution in [2.75, 3.05) is 19.7 Å². The predicted molar refractivity (Wildman–Crippen MR) is 116 cm³/mol. The molecule has 0 aliphatic carbocycles. The van der Waals surface area contributed by atoms with Crippen LogP contribution in [0.3, 0.4) is 0 Å². The molecule has 1 atom stereocenters. The molecule has 4 nitrogen and oxygen atoms in total. The minimum atomic E-state index is -0.0329. The zero-order valence-electron chi connectivity index (χ0n) is 16.6. The van der Waals surface area contributed by atoms with E-state index in [-0.39, 0.29) is 24.4 Å². The average molecular weight is 401 g/mol.